The van der Waals surface area contributed by atoms with Crippen molar-refractivity contribution in [1.29, 1.82) is 0 Å². The first-order chi connectivity index (χ1) is 14.7. The largest absolute Gasteiger partial charge is 0.494 e. The van der Waals surface area contributed by atoms with Crippen molar-refractivity contribution >= 4 is 17.6 Å². The predicted molar refractivity (Wildman–Crippen MR) is 109 cm³/mol. The quantitative estimate of drug-likeness (QED) is 0.584. The molecular weight excluding hydrogens is 414 g/mol. The summed E-state index contributed by atoms with van der Waals surface area (Å²) in [5, 5.41) is 3.05. The molecule has 2 aliphatic heterocycles. The molecule has 162 valence electrons. The summed E-state index contributed by atoms with van der Waals surface area (Å²) in [6.07, 6.45) is 0. The Morgan fingerprint density at radius 3 is 2.45 bits per heavy atom. The third-order valence-corrected chi connectivity index (χ3v) is 5.29. The zero-order valence-corrected chi connectivity index (χ0v) is 17.0. The Kier molecular flexibility index (Phi) is 5.08. The molecule has 2 aromatic carbocycles. The van der Waals surface area contributed by atoms with E-state index in [1.807, 2.05) is 0 Å². The zero-order chi connectivity index (χ0) is 22.4. The molecule has 2 aliphatic rings. The third-order valence-electron chi connectivity index (χ3n) is 5.29. The Hall–Kier alpha value is -3.56. The van der Waals surface area contributed by atoms with Gasteiger partial charge < -0.3 is 15.0 Å². The molecule has 2 aromatic rings. The van der Waals surface area contributed by atoms with Crippen LogP contribution in [0.3, 0.4) is 0 Å². The van der Waals surface area contributed by atoms with Crippen molar-refractivity contribution in [1.82, 2.24) is 9.80 Å². The SMILES string of the molecule is C=C1N=C(Nc2ccc(OC)c(F)c2C)N2C(=NCC2c2cc(F)c(F)c(F)c2)N1C. The van der Waals surface area contributed by atoms with Crippen LogP contribution < -0.4 is 10.1 Å². The van der Waals surface area contributed by atoms with Crippen LogP contribution in [0.5, 0.6) is 5.75 Å². The Bertz CT molecular complexity index is 1120. The Morgan fingerprint density at radius 1 is 1.13 bits per heavy atom. The zero-order valence-electron chi connectivity index (χ0n) is 17.0. The molecule has 4 rings (SSSR count). The Labute approximate surface area is 176 Å². The van der Waals surface area contributed by atoms with E-state index >= 15 is 0 Å². The van der Waals surface area contributed by atoms with E-state index in [4.69, 9.17) is 4.74 Å². The molecular formula is C21H19F4N5O. The van der Waals surface area contributed by atoms with Gasteiger partial charge >= 0.3 is 0 Å². The summed E-state index contributed by atoms with van der Waals surface area (Å²) in [4.78, 5) is 12.1. The number of benzene rings is 2. The lowest BCUT2D eigenvalue weighted by atomic mass is 10.1. The van der Waals surface area contributed by atoms with Crippen LogP contribution in [0.15, 0.2) is 46.7 Å². The van der Waals surface area contributed by atoms with Gasteiger partial charge in [0, 0.05) is 18.3 Å². The first-order valence-electron chi connectivity index (χ1n) is 9.32. The van der Waals surface area contributed by atoms with Gasteiger partial charge in [-0.25, -0.2) is 22.6 Å². The van der Waals surface area contributed by atoms with Gasteiger partial charge in [0.05, 0.1) is 19.7 Å². The number of fused-ring (bicyclic) bond motifs is 1. The van der Waals surface area contributed by atoms with Gasteiger partial charge in [0.15, 0.2) is 29.0 Å². The average Bonchev–Trinajstić information content (AvgIpc) is 3.19. The van der Waals surface area contributed by atoms with Gasteiger partial charge in [-0.15, -0.1) is 0 Å². The molecule has 2 heterocycles. The van der Waals surface area contributed by atoms with Crippen molar-refractivity contribution in [2.75, 3.05) is 26.0 Å². The van der Waals surface area contributed by atoms with Crippen molar-refractivity contribution in [3.8, 4) is 5.75 Å². The molecule has 0 saturated heterocycles. The molecule has 0 bridgehead atoms. The number of halogens is 4. The summed E-state index contributed by atoms with van der Waals surface area (Å²) in [6, 6.07) is 4.29. The third kappa shape index (κ3) is 3.37. The highest BCUT2D eigenvalue weighted by atomic mass is 19.2. The average molecular weight is 433 g/mol. The monoisotopic (exact) mass is 433 g/mol. The molecule has 31 heavy (non-hydrogen) atoms. The first-order valence-corrected chi connectivity index (χ1v) is 9.32. The number of methoxy groups -OCH3 is 1. The van der Waals surface area contributed by atoms with Crippen LogP contribution in [0.25, 0.3) is 0 Å². The number of ether oxygens (including phenoxy) is 1. The van der Waals surface area contributed by atoms with E-state index in [-0.39, 0.29) is 23.8 Å². The second-order valence-corrected chi connectivity index (χ2v) is 7.12. The molecule has 0 radical (unpaired) electrons. The molecule has 0 spiro atoms. The van der Waals surface area contributed by atoms with E-state index in [2.05, 4.69) is 21.9 Å². The predicted octanol–water partition coefficient (Wildman–Crippen LogP) is 4.16. The van der Waals surface area contributed by atoms with E-state index in [0.717, 1.165) is 12.1 Å². The minimum atomic E-state index is -1.54. The van der Waals surface area contributed by atoms with Crippen LogP contribution in [0.4, 0.5) is 23.2 Å². The maximum absolute atomic E-state index is 14.5. The minimum absolute atomic E-state index is 0.0938. The van der Waals surface area contributed by atoms with Crippen molar-refractivity contribution in [2.45, 2.75) is 13.0 Å². The highest BCUT2D eigenvalue weighted by Gasteiger charge is 2.39. The van der Waals surface area contributed by atoms with Crippen molar-refractivity contribution in [2.24, 2.45) is 9.98 Å². The molecule has 0 saturated carbocycles. The second-order valence-electron chi connectivity index (χ2n) is 7.12. The summed E-state index contributed by atoms with van der Waals surface area (Å²) in [6.45, 7) is 5.60. The lowest BCUT2D eigenvalue weighted by molar-refractivity contribution is 0.385. The van der Waals surface area contributed by atoms with Crippen LogP contribution in [0, 0.1) is 30.2 Å². The lowest BCUT2D eigenvalue weighted by Crippen LogP contribution is -2.50. The molecule has 0 amide bonds. The van der Waals surface area contributed by atoms with Crippen molar-refractivity contribution in [3.05, 3.63) is 71.1 Å². The molecule has 0 fully saturated rings. The minimum Gasteiger partial charge on any atom is -0.494 e. The maximum atomic E-state index is 14.5. The standard InChI is InChI=1S/C21H19F4N5O/c1-10-15(5-6-17(31-4)18(10)24)28-20-27-11(2)29(3)21-26-9-16(30(20)21)12-7-13(22)19(25)14(23)8-12/h5-8,16H,2,9H2,1,3-4H3,(H,27,28). The van der Waals surface area contributed by atoms with Crippen molar-refractivity contribution < 1.29 is 22.3 Å². The van der Waals surface area contributed by atoms with Gasteiger partial charge in [-0.1, -0.05) is 6.58 Å². The second kappa shape index (κ2) is 7.60. The van der Waals surface area contributed by atoms with Crippen molar-refractivity contribution in [3.63, 3.8) is 0 Å². The molecule has 1 N–H and O–H groups in total. The Balaban J connectivity index is 1.75. The number of nitrogens with zero attached hydrogens (tertiary/aromatic N) is 4. The number of rotatable bonds is 3. The fourth-order valence-electron chi connectivity index (χ4n) is 3.53. The number of aliphatic imine (C=N–C) groups is 2. The van der Waals surface area contributed by atoms with E-state index in [1.54, 1.807) is 29.8 Å². The topological polar surface area (TPSA) is 52.5 Å². The van der Waals surface area contributed by atoms with E-state index in [1.165, 1.54) is 13.2 Å². The first kappa shape index (κ1) is 20.7. The van der Waals surface area contributed by atoms with Gasteiger partial charge in [0.1, 0.15) is 5.82 Å². The number of anilines is 1. The molecule has 10 heteroatoms. The van der Waals surface area contributed by atoms with Crippen LogP contribution in [-0.2, 0) is 0 Å². The Morgan fingerprint density at radius 2 is 1.81 bits per heavy atom. The van der Waals surface area contributed by atoms with Gasteiger partial charge in [0.2, 0.25) is 11.9 Å². The van der Waals surface area contributed by atoms with Gasteiger partial charge in [-0.05, 0) is 36.8 Å². The van der Waals surface area contributed by atoms with Crippen LogP contribution in [0.2, 0.25) is 0 Å². The number of hydrogen-bond donors (Lipinski definition) is 1. The normalized spacial score (nSPS) is 18.0. The smallest absolute Gasteiger partial charge is 0.212 e. The van der Waals surface area contributed by atoms with Gasteiger partial charge in [-0.3, -0.25) is 4.90 Å². The highest BCUT2D eigenvalue weighted by molar-refractivity contribution is 6.09. The summed E-state index contributed by atoms with van der Waals surface area (Å²) in [7, 11) is 3.06. The summed E-state index contributed by atoms with van der Waals surface area (Å²) in [5.74, 6) is -3.53. The molecule has 6 nitrogen and oxygen atoms in total. The summed E-state index contributed by atoms with van der Waals surface area (Å²) in [5.41, 5.74) is 0.888. The molecule has 0 aromatic heterocycles. The molecule has 1 atom stereocenters. The van der Waals surface area contributed by atoms with Crippen LogP contribution in [0.1, 0.15) is 17.2 Å². The van der Waals surface area contributed by atoms with Gasteiger partial charge in [-0.2, -0.15) is 4.99 Å². The lowest BCUT2D eigenvalue weighted by Gasteiger charge is -2.37. The van der Waals surface area contributed by atoms with Gasteiger partial charge in [0.25, 0.3) is 0 Å². The fraction of sp³-hybridized carbons (Fsp3) is 0.238. The number of guanidine groups is 2. The highest BCUT2D eigenvalue weighted by Crippen LogP contribution is 2.34. The molecule has 0 aliphatic carbocycles. The summed E-state index contributed by atoms with van der Waals surface area (Å²) < 4.78 is 60.7. The van der Waals surface area contributed by atoms with Crippen LogP contribution in [-0.4, -0.2) is 42.4 Å². The van der Waals surface area contributed by atoms with E-state index in [9.17, 15) is 17.6 Å². The maximum Gasteiger partial charge on any atom is 0.212 e. The number of hydrogen-bond acceptors (Lipinski definition) is 6. The summed E-state index contributed by atoms with van der Waals surface area (Å²) >= 11 is 0. The van der Waals surface area contributed by atoms with E-state index < -0.39 is 29.3 Å². The fourth-order valence-corrected chi connectivity index (χ4v) is 3.53. The molecule has 1 unspecified atom stereocenters. The number of nitrogens with one attached hydrogen (secondary N) is 1. The van der Waals surface area contributed by atoms with E-state index in [0.29, 0.717) is 23.0 Å². The van der Waals surface area contributed by atoms with Crippen LogP contribution >= 0.6 is 0 Å².